The van der Waals surface area contributed by atoms with Crippen LogP contribution in [0.2, 0.25) is 0 Å². The first-order valence-electron chi connectivity index (χ1n) is 7.44. The van der Waals surface area contributed by atoms with Gasteiger partial charge in [-0.3, -0.25) is 0 Å². The maximum Gasteiger partial charge on any atom is 0.282 e. The molecule has 3 atom stereocenters. The summed E-state index contributed by atoms with van der Waals surface area (Å²) in [6, 6.07) is 3.92. The molecule has 2 aliphatic heterocycles. The highest BCUT2D eigenvalue weighted by molar-refractivity contribution is 7.86. The molecule has 0 N–H and O–H groups in total. The van der Waals surface area contributed by atoms with Crippen LogP contribution in [0, 0.1) is 0 Å². The number of hydrogen-bond donors (Lipinski definition) is 0. The number of ether oxygens (including phenoxy) is 1. The predicted octanol–water partition coefficient (Wildman–Crippen LogP) is 2.24. The van der Waals surface area contributed by atoms with E-state index in [1.54, 1.807) is 19.9 Å². The van der Waals surface area contributed by atoms with Gasteiger partial charge in [-0.25, -0.2) is 0 Å². The van der Waals surface area contributed by atoms with Crippen LogP contribution in [-0.2, 0) is 14.9 Å². The van der Waals surface area contributed by atoms with E-state index >= 15 is 0 Å². The summed E-state index contributed by atoms with van der Waals surface area (Å²) in [5.74, 6) is 0. The van der Waals surface area contributed by atoms with Crippen molar-refractivity contribution in [2.75, 3.05) is 19.7 Å². The van der Waals surface area contributed by atoms with E-state index in [-0.39, 0.29) is 18.2 Å². The molecular formula is C14H22N2O3S2. The van der Waals surface area contributed by atoms with E-state index in [4.69, 9.17) is 4.74 Å². The lowest BCUT2D eigenvalue weighted by molar-refractivity contribution is -0.0192. The molecule has 2 aliphatic rings. The van der Waals surface area contributed by atoms with Crippen LogP contribution in [0.1, 0.15) is 37.6 Å². The largest absolute Gasteiger partial charge is 0.375 e. The van der Waals surface area contributed by atoms with Gasteiger partial charge in [0.05, 0.1) is 18.8 Å². The molecule has 2 saturated heterocycles. The lowest BCUT2D eigenvalue weighted by Crippen LogP contribution is -2.54. The Morgan fingerprint density at radius 2 is 2.14 bits per heavy atom. The Balaban J connectivity index is 1.86. The van der Waals surface area contributed by atoms with Gasteiger partial charge in [0, 0.05) is 24.0 Å². The molecule has 2 fully saturated rings. The van der Waals surface area contributed by atoms with Gasteiger partial charge in [-0.1, -0.05) is 6.07 Å². The summed E-state index contributed by atoms with van der Waals surface area (Å²) >= 11 is 1.64. The number of rotatable bonds is 3. The molecule has 3 unspecified atom stereocenters. The van der Waals surface area contributed by atoms with Crippen molar-refractivity contribution in [2.24, 2.45) is 0 Å². The lowest BCUT2D eigenvalue weighted by Gasteiger charge is -2.39. The van der Waals surface area contributed by atoms with E-state index < -0.39 is 10.2 Å². The molecule has 0 aromatic carbocycles. The molecule has 0 spiro atoms. The average molecular weight is 330 g/mol. The van der Waals surface area contributed by atoms with Crippen molar-refractivity contribution in [3.8, 4) is 0 Å². The van der Waals surface area contributed by atoms with Gasteiger partial charge in [-0.2, -0.15) is 17.0 Å². The van der Waals surface area contributed by atoms with E-state index in [0.29, 0.717) is 19.7 Å². The van der Waals surface area contributed by atoms with Crippen molar-refractivity contribution in [3.63, 3.8) is 0 Å². The van der Waals surface area contributed by atoms with Gasteiger partial charge in [0.25, 0.3) is 10.2 Å². The highest BCUT2D eigenvalue weighted by atomic mass is 32.2. The van der Waals surface area contributed by atoms with Crippen molar-refractivity contribution < 1.29 is 13.2 Å². The summed E-state index contributed by atoms with van der Waals surface area (Å²) in [4.78, 5) is 1.14. The van der Waals surface area contributed by atoms with Crippen molar-refractivity contribution in [1.82, 2.24) is 8.61 Å². The zero-order valence-electron chi connectivity index (χ0n) is 12.4. The second kappa shape index (κ2) is 5.96. The Kier molecular flexibility index (Phi) is 4.38. The quantitative estimate of drug-likeness (QED) is 0.854. The Morgan fingerprint density at radius 1 is 1.33 bits per heavy atom. The van der Waals surface area contributed by atoms with Crippen LogP contribution in [0.3, 0.4) is 0 Å². The van der Waals surface area contributed by atoms with E-state index in [2.05, 4.69) is 0 Å². The summed E-state index contributed by atoms with van der Waals surface area (Å²) < 4.78 is 35.0. The molecule has 1 aromatic heterocycles. The topological polar surface area (TPSA) is 49.9 Å². The van der Waals surface area contributed by atoms with E-state index in [1.165, 1.54) is 0 Å². The maximum atomic E-state index is 13.1. The van der Waals surface area contributed by atoms with Crippen LogP contribution in [0.5, 0.6) is 0 Å². The second-order valence-corrected chi connectivity index (χ2v) is 8.67. The summed E-state index contributed by atoms with van der Waals surface area (Å²) in [7, 11) is -3.43. The fraction of sp³-hybridized carbons (Fsp3) is 0.714. The van der Waals surface area contributed by atoms with Gasteiger partial charge < -0.3 is 4.74 Å². The summed E-state index contributed by atoms with van der Waals surface area (Å²) in [5.41, 5.74) is 0. The minimum atomic E-state index is -3.43. The first-order chi connectivity index (χ1) is 10.00. The first-order valence-corrected chi connectivity index (χ1v) is 9.71. The monoisotopic (exact) mass is 330 g/mol. The van der Waals surface area contributed by atoms with Crippen LogP contribution >= 0.6 is 11.3 Å². The van der Waals surface area contributed by atoms with Crippen LogP contribution in [0.4, 0.5) is 0 Å². The smallest absolute Gasteiger partial charge is 0.282 e. The molecule has 3 heterocycles. The van der Waals surface area contributed by atoms with Crippen LogP contribution in [-0.4, -0.2) is 48.9 Å². The molecule has 3 rings (SSSR count). The highest BCUT2D eigenvalue weighted by Crippen LogP contribution is 2.38. The zero-order chi connectivity index (χ0) is 15.0. The van der Waals surface area contributed by atoms with Crippen LogP contribution in [0.15, 0.2) is 17.5 Å². The zero-order valence-corrected chi connectivity index (χ0v) is 14.1. The van der Waals surface area contributed by atoms with E-state index in [9.17, 15) is 8.42 Å². The van der Waals surface area contributed by atoms with Crippen molar-refractivity contribution in [2.45, 2.75) is 44.9 Å². The molecular weight excluding hydrogens is 308 g/mol. The predicted molar refractivity (Wildman–Crippen MR) is 83.5 cm³/mol. The first kappa shape index (κ1) is 15.4. The molecule has 1 aromatic rings. The number of thiophene rings is 1. The van der Waals surface area contributed by atoms with Crippen molar-refractivity contribution in [3.05, 3.63) is 22.4 Å². The second-order valence-electron chi connectivity index (χ2n) is 5.85. The minimum Gasteiger partial charge on any atom is -0.375 e. The Labute approximate surface area is 130 Å². The molecule has 0 aliphatic carbocycles. The molecule has 118 valence electrons. The van der Waals surface area contributed by atoms with Gasteiger partial charge in [0.2, 0.25) is 0 Å². The molecule has 0 bridgehead atoms. The lowest BCUT2D eigenvalue weighted by atomic mass is 10.2. The van der Waals surface area contributed by atoms with Gasteiger partial charge in [0.15, 0.2) is 0 Å². The summed E-state index contributed by atoms with van der Waals surface area (Å²) in [5, 5.41) is 2.01. The molecule has 0 saturated carbocycles. The van der Waals surface area contributed by atoms with Gasteiger partial charge in [-0.15, -0.1) is 11.3 Å². The molecule has 0 radical (unpaired) electrons. The van der Waals surface area contributed by atoms with Gasteiger partial charge in [-0.05, 0) is 38.1 Å². The Morgan fingerprint density at radius 3 is 2.86 bits per heavy atom. The number of hydrogen-bond acceptors (Lipinski definition) is 4. The molecule has 7 heteroatoms. The van der Waals surface area contributed by atoms with Crippen LogP contribution < -0.4 is 0 Å². The van der Waals surface area contributed by atoms with Crippen LogP contribution in [0.25, 0.3) is 0 Å². The number of morpholine rings is 1. The third-order valence-electron chi connectivity index (χ3n) is 4.22. The third kappa shape index (κ3) is 2.90. The average Bonchev–Trinajstić information content (AvgIpc) is 3.10. The highest BCUT2D eigenvalue weighted by Gasteiger charge is 2.42. The molecule has 21 heavy (non-hydrogen) atoms. The Bertz CT molecular complexity index is 573. The van der Waals surface area contributed by atoms with E-state index in [0.717, 1.165) is 17.7 Å². The van der Waals surface area contributed by atoms with Gasteiger partial charge in [0.1, 0.15) is 0 Å². The Hall–Kier alpha value is -0.470. The third-order valence-corrected chi connectivity index (χ3v) is 7.32. The normalized spacial score (nSPS) is 32.6. The fourth-order valence-corrected chi connectivity index (χ4v) is 6.13. The standard InChI is InChI=1S/C14H22N2O3S2/c1-11-10-19-12(2)9-16(11)21(17,18)15-7-3-5-13(15)14-6-4-8-20-14/h4,6,8,11-13H,3,5,7,9-10H2,1-2H3. The van der Waals surface area contributed by atoms with Crippen molar-refractivity contribution >= 4 is 21.5 Å². The van der Waals surface area contributed by atoms with Crippen molar-refractivity contribution in [1.29, 1.82) is 0 Å². The summed E-state index contributed by atoms with van der Waals surface area (Å²) in [6.45, 7) is 5.37. The number of nitrogens with zero attached hydrogens (tertiary/aromatic N) is 2. The van der Waals surface area contributed by atoms with Gasteiger partial charge >= 0.3 is 0 Å². The summed E-state index contributed by atoms with van der Waals surface area (Å²) in [6.07, 6.45) is 1.79. The molecule has 0 amide bonds. The minimum absolute atomic E-state index is 0.000325. The maximum absolute atomic E-state index is 13.1. The SMILES string of the molecule is CC1CN(S(=O)(=O)N2CCCC2c2cccs2)C(C)CO1. The van der Waals surface area contributed by atoms with E-state index in [1.807, 2.05) is 31.4 Å². The molecule has 5 nitrogen and oxygen atoms in total. The fourth-order valence-electron chi connectivity index (χ4n) is 3.11.